The maximum absolute atomic E-state index is 12.2. The van der Waals surface area contributed by atoms with Crippen LogP contribution in [0.5, 0.6) is 0 Å². The molecule has 18 heavy (non-hydrogen) atoms. The van der Waals surface area contributed by atoms with Crippen molar-refractivity contribution in [1.29, 1.82) is 0 Å². The summed E-state index contributed by atoms with van der Waals surface area (Å²) in [6.45, 7) is 6.57. The van der Waals surface area contributed by atoms with Gasteiger partial charge in [0.15, 0.2) is 6.61 Å². The Morgan fingerprint density at radius 3 is 2.50 bits per heavy atom. The highest BCUT2D eigenvalue weighted by molar-refractivity contribution is 7.81. The normalized spacial score (nSPS) is 10.8. The standard InChI is InChI=1S/C12H18F2O3S/c1-3-10(2)16-8-6-4-5-7-11(15)17-9-12(13,14)18/h3,18H,1-2,4-9H2. The first kappa shape index (κ1) is 17.0. The van der Waals surface area contributed by atoms with Crippen molar-refractivity contribution in [2.45, 2.75) is 30.9 Å². The summed E-state index contributed by atoms with van der Waals surface area (Å²) in [6.07, 6.45) is 3.70. The highest BCUT2D eigenvalue weighted by atomic mass is 32.1. The summed E-state index contributed by atoms with van der Waals surface area (Å²) in [5.41, 5.74) is 0. The Kier molecular flexibility index (Phi) is 8.45. The number of unbranched alkanes of at least 4 members (excludes halogenated alkanes) is 2. The number of hydrogen-bond acceptors (Lipinski definition) is 4. The zero-order chi connectivity index (χ0) is 14.0. The third-order valence-corrected chi connectivity index (χ3v) is 2.08. The van der Waals surface area contributed by atoms with Gasteiger partial charge in [-0.2, -0.15) is 8.78 Å². The van der Waals surface area contributed by atoms with Crippen molar-refractivity contribution in [1.82, 2.24) is 0 Å². The zero-order valence-electron chi connectivity index (χ0n) is 10.2. The van der Waals surface area contributed by atoms with E-state index >= 15 is 0 Å². The molecule has 0 radical (unpaired) electrons. The van der Waals surface area contributed by atoms with Crippen LogP contribution in [0, 0.1) is 0 Å². The molecule has 104 valence electrons. The Bertz CT molecular complexity index is 288. The molecule has 3 nitrogen and oxygen atoms in total. The monoisotopic (exact) mass is 280 g/mol. The molecule has 0 spiro atoms. The van der Waals surface area contributed by atoms with Crippen LogP contribution in [0.1, 0.15) is 25.7 Å². The molecule has 6 heteroatoms. The Morgan fingerprint density at radius 1 is 1.28 bits per heavy atom. The van der Waals surface area contributed by atoms with Crippen LogP contribution in [0.4, 0.5) is 8.78 Å². The van der Waals surface area contributed by atoms with Crippen molar-refractivity contribution in [3.63, 3.8) is 0 Å². The van der Waals surface area contributed by atoms with Crippen molar-refractivity contribution in [2.24, 2.45) is 0 Å². The summed E-state index contributed by atoms with van der Waals surface area (Å²) in [5, 5.41) is -3.27. The molecule has 0 rings (SSSR count). The summed E-state index contributed by atoms with van der Waals surface area (Å²) in [6, 6.07) is 0. The number of ether oxygens (including phenoxy) is 2. The van der Waals surface area contributed by atoms with Crippen LogP contribution in [0.2, 0.25) is 0 Å². The minimum Gasteiger partial charge on any atom is -0.494 e. The van der Waals surface area contributed by atoms with Crippen LogP contribution in [-0.4, -0.2) is 24.4 Å². The van der Waals surface area contributed by atoms with Crippen LogP contribution >= 0.6 is 12.6 Å². The minimum atomic E-state index is -3.27. The average Bonchev–Trinajstić information content (AvgIpc) is 2.29. The summed E-state index contributed by atoms with van der Waals surface area (Å²) >= 11 is 2.95. The number of hydrogen-bond donors (Lipinski definition) is 1. The molecule has 0 fully saturated rings. The van der Waals surface area contributed by atoms with E-state index in [2.05, 4.69) is 30.5 Å². The lowest BCUT2D eigenvalue weighted by Gasteiger charge is -2.09. The summed E-state index contributed by atoms with van der Waals surface area (Å²) in [4.78, 5) is 11.0. The molecule has 0 aliphatic rings. The summed E-state index contributed by atoms with van der Waals surface area (Å²) in [5.74, 6) is -0.134. The molecule has 0 aromatic carbocycles. The highest BCUT2D eigenvalue weighted by Crippen LogP contribution is 2.18. The number of carbonyl (C=O) groups excluding carboxylic acids is 1. The topological polar surface area (TPSA) is 35.5 Å². The molecule has 0 saturated heterocycles. The van der Waals surface area contributed by atoms with Gasteiger partial charge < -0.3 is 9.47 Å². The third kappa shape index (κ3) is 11.4. The predicted molar refractivity (Wildman–Crippen MR) is 68.6 cm³/mol. The molecule has 0 amide bonds. The van der Waals surface area contributed by atoms with E-state index in [0.29, 0.717) is 18.8 Å². The van der Waals surface area contributed by atoms with Gasteiger partial charge in [0.05, 0.1) is 6.61 Å². The van der Waals surface area contributed by atoms with Crippen LogP contribution in [0.3, 0.4) is 0 Å². The predicted octanol–water partition coefficient (Wildman–Crippen LogP) is 3.33. The van der Waals surface area contributed by atoms with Crippen molar-refractivity contribution in [3.05, 3.63) is 25.0 Å². The zero-order valence-corrected chi connectivity index (χ0v) is 11.1. The fraction of sp³-hybridized carbons (Fsp3) is 0.583. The molecule has 0 aliphatic carbocycles. The SMILES string of the molecule is C=CC(=C)OCCCCCC(=O)OCC(F)(F)S. The molecule has 0 heterocycles. The van der Waals surface area contributed by atoms with Crippen LogP contribution in [0.15, 0.2) is 25.0 Å². The van der Waals surface area contributed by atoms with E-state index < -0.39 is 17.8 Å². The first-order chi connectivity index (χ1) is 8.35. The lowest BCUT2D eigenvalue weighted by molar-refractivity contribution is -0.149. The van der Waals surface area contributed by atoms with E-state index in [1.165, 1.54) is 6.08 Å². The van der Waals surface area contributed by atoms with Gasteiger partial charge in [-0.25, -0.2) is 0 Å². The van der Waals surface area contributed by atoms with Crippen molar-refractivity contribution < 1.29 is 23.0 Å². The van der Waals surface area contributed by atoms with Crippen molar-refractivity contribution >= 4 is 18.6 Å². The summed E-state index contributed by atoms with van der Waals surface area (Å²) in [7, 11) is 0. The molecular formula is C12H18F2O3S. The maximum Gasteiger partial charge on any atom is 0.324 e. The maximum atomic E-state index is 12.2. The molecule has 0 aromatic rings. The van der Waals surface area contributed by atoms with Gasteiger partial charge in [0, 0.05) is 6.42 Å². The first-order valence-electron chi connectivity index (χ1n) is 5.55. The fourth-order valence-corrected chi connectivity index (χ4v) is 1.11. The molecular weight excluding hydrogens is 262 g/mol. The van der Waals surface area contributed by atoms with E-state index in [1.54, 1.807) is 0 Å². The molecule has 0 saturated carbocycles. The van der Waals surface area contributed by atoms with Gasteiger partial charge in [0.25, 0.3) is 0 Å². The molecule has 0 aromatic heterocycles. The van der Waals surface area contributed by atoms with Gasteiger partial charge >= 0.3 is 11.2 Å². The summed E-state index contributed by atoms with van der Waals surface area (Å²) < 4.78 is 34.0. The number of carbonyl (C=O) groups is 1. The third-order valence-electron chi connectivity index (χ3n) is 1.95. The Balaban J connectivity index is 3.41. The lowest BCUT2D eigenvalue weighted by Crippen LogP contribution is -2.19. The van der Waals surface area contributed by atoms with Crippen LogP contribution < -0.4 is 0 Å². The molecule has 0 N–H and O–H groups in total. The van der Waals surface area contributed by atoms with Gasteiger partial charge in [-0.1, -0.05) is 13.2 Å². The number of rotatable bonds is 10. The Hall–Kier alpha value is -1.04. The van der Waals surface area contributed by atoms with Crippen LogP contribution in [-0.2, 0) is 14.3 Å². The van der Waals surface area contributed by atoms with Gasteiger partial charge in [-0.3, -0.25) is 4.79 Å². The second-order valence-corrected chi connectivity index (χ2v) is 4.31. The fourth-order valence-electron chi connectivity index (χ4n) is 1.05. The molecule has 0 bridgehead atoms. The minimum absolute atomic E-state index is 0.117. The van der Waals surface area contributed by atoms with Gasteiger partial charge in [0.1, 0.15) is 5.76 Å². The average molecular weight is 280 g/mol. The number of alkyl halides is 2. The highest BCUT2D eigenvalue weighted by Gasteiger charge is 2.24. The number of thiol groups is 1. The second kappa shape index (κ2) is 8.97. The van der Waals surface area contributed by atoms with Crippen LogP contribution in [0.25, 0.3) is 0 Å². The van der Waals surface area contributed by atoms with E-state index in [-0.39, 0.29) is 6.42 Å². The van der Waals surface area contributed by atoms with Crippen molar-refractivity contribution in [3.8, 4) is 0 Å². The van der Waals surface area contributed by atoms with Gasteiger partial charge in [0.2, 0.25) is 0 Å². The number of esters is 1. The molecule has 0 atom stereocenters. The van der Waals surface area contributed by atoms with Gasteiger partial charge in [-0.05, 0) is 25.3 Å². The Labute approximate surface area is 111 Å². The second-order valence-electron chi connectivity index (χ2n) is 3.66. The number of allylic oxidation sites excluding steroid dienone is 1. The van der Waals surface area contributed by atoms with E-state index in [9.17, 15) is 13.6 Å². The van der Waals surface area contributed by atoms with E-state index in [0.717, 1.165) is 12.8 Å². The Morgan fingerprint density at radius 2 is 1.94 bits per heavy atom. The smallest absolute Gasteiger partial charge is 0.324 e. The van der Waals surface area contributed by atoms with Crippen molar-refractivity contribution in [2.75, 3.05) is 13.2 Å². The molecule has 0 aliphatic heterocycles. The largest absolute Gasteiger partial charge is 0.494 e. The first-order valence-corrected chi connectivity index (χ1v) is 6.00. The van der Waals surface area contributed by atoms with Gasteiger partial charge in [-0.15, -0.1) is 12.6 Å². The number of halogens is 2. The van der Waals surface area contributed by atoms with E-state index in [4.69, 9.17) is 4.74 Å². The quantitative estimate of drug-likeness (QED) is 0.219. The lowest BCUT2D eigenvalue weighted by atomic mass is 10.2. The van der Waals surface area contributed by atoms with E-state index in [1.807, 2.05) is 0 Å². The molecule has 0 unspecified atom stereocenters.